The van der Waals surface area contributed by atoms with Gasteiger partial charge in [0.2, 0.25) is 0 Å². The van der Waals surface area contributed by atoms with Crippen LogP contribution in [-0.4, -0.2) is 5.71 Å². The standard InChI is InChI=1S/C14H27N/c1-9(2)11(4)14-12(5)10(3)7-6-8-13(14)15/h9-12,14-15H,6-8H2,1-5H3. The second kappa shape index (κ2) is 5.14. The molecule has 1 aliphatic carbocycles. The van der Waals surface area contributed by atoms with Gasteiger partial charge in [0.05, 0.1) is 0 Å². The van der Waals surface area contributed by atoms with Crippen molar-refractivity contribution < 1.29 is 0 Å². The molecular formula is C14H27N. The van der Waals surface area contributed by atoms with E-state index in [1.54, 1.807) is 0 Å². The van der Waals surface area contributed by atoms with E-state index in [1.807, 2.05) is 0 Å². The molecule has 1 saturated carbocycles. The van der Waals surface area contributed by atoms with Crippen LogP contribution in [0.25, 0.3) is 0 Å². The number of hydrogen-bond donors (Lipinski definition) is 1. The average molecular weight is 209 g/mol. The summed E-state index contributed by atoms with van der Waals surface area (Å²) >= 11 is 0. The Morgan fingerprint density at radius 3 is 2.33 bits per heavy atom. The van der Waals surface area contributed by atoms with Crippen LogP contribution in [0.1, 0.15) is 53.9 Å². The monoisotopic (exact) mass is 209 g/mol. The third kappa shape index (κ3) is 2.83. The maximum absolute atomic E-state index is 8.23. The molecule has 0 spiro atoms. The maximum atomic E-state index is 8.23. The zero-order valence-corrected chi connectivity index (χ0v) is 11.0. The van der Waals surface area contributed by atoms with Crippen molar-refractivity contribution in [1.29, 1.82) is 5.41 Å². The summed E-state index contributed by atoms with van der Waals surface area (Å²) in [7, 11) is 0. The fourth-order valence-electron chi connectivity index (χ4n) is 2.93. The van der Waals surface area contributed by atoms with Gasteiger partial charge >= 0.3 is 0 Å². The van der Waals surface area contributed by atoms with Crippen molar-refractivity contribution in [3.05, 3.63) is 0 Å². The molecule has 1 rings (SSSR count). The summed E-state index contributed by atoms with van der Waals surface area (Å²) in [6, 6.07) is 0. The average Bonchev–Trinajstić information content (AvgIpc) is 2.27. The van der Waals surface area contributed by atoms with Gasteiger partial charge in [-0.25, -0.2) is 0 Å². The van der Waals surface area contributed by atoms with E-state index in [0.29, 0.717) is 23.7 Å². The van der Waals surface area contributed by atoms with Gasteiger partial charge in [-0.05, 0) is 36.5 Å². The van der Waals surface area contributed by atoms with Gasteiger partial charge in [0.1, 0.15) is 0 Å². The number of hydrogen-bond acceptors (Lipinski definition) is 1. The molecule has 1 aliphatic rings. The predicted octanol–water partition coefficient (Wildman–Crippen LogP) is 4.37. The maximum Gasteiger partial charge on any atom is 0.0126 e. The quantitative estimate of drug-likeness (QED) is 0.653. The zero-order valence-electron chi connectivity index (χ0n) is 11.0. The molecule has 0 heterocycles. The van der Waals surface area contributed by atoms with Crippen LogP contribution in [-0.2, 0) is 0 Å². The van der Waals surface area contributed by atoms with Crippen molar-refractivity contribution in [3.63, 3.8) is 0 Å². The highest BCUT2D eigenvalue weighted by molar-refractivity contribution is 5.84. The lowest BCUT2D eigenvalue weighted by molar-refractivity contribution is 0.217. The third-order valence-corrected chi connectivity index (χ3v) is 4.59. The van der Waals surface area contributed by atoms with E-state index >= 15 is 0 Å². The van der Waals surface area contributed by atoms with Crippen LogP contribution in [0.15, 0.2) is 0 Å². The fraction of sp³-hybridized carbons (Fsp3) is 0.929. The minimum absolute atomic E-state index is 0.530. The van der Waals surface area contributed by atoms with Gasteiger partial charge in [-0.2, -0.15) is 0 Å². The van der Waals surface area contributed by atoms with Gasteiger partial charge < -0.3 is 5.41 Å². The Morgan fingerprint density at radius 2 is 1.80 bits per heavy atom. The van der Waals surface area contributed by atoms with Crippen LogP contribution in [0.2, 0.25) is 0 Å². The molecule has 1 N–H and O–H groups in total. The largest absolute Gasteiger partial charge is 0.309 e. The van der Waals surface area contributed by atoms with Gasteiger partial charge in [-0.1, -0.05) is 41.0 Å². The van der Waals surface area contributed by atoms with E-state index in [4.69, 9.17) is 5.41 Å². The molecule has 0 aromatic heterocycles. The first-order valence-electron chi connectivity index (χ1n) is 6.52. The molecule has 0 aliphatic heterocycles. The second-order valence-electron chi connectivity index (χ2n) is 5.88. The summed E-state index contributed by atoms with van der Waals surface area (Å²) < 4.78 is 0. The van der Waals surface area contributed by atoms with E-state index in [-0.39, 0.29) is 0 Å². The van der Waals surface area contributed by atoms with Crippen LogP contribution in [0.4, 0.5) is 0 Å². The molecule has 0 radical (unpaired) electrons. The molecule has 0 saturated heterocycles. The Kier molecular flexibility index (Phi) is 4.36. The summed E-state index contributed by atoms with van der Waals surface area (Å²) in [5.41, 5.74) is 1.02. The van der Waals surface area contributed by atoms with Crippen LogP contribution >= 0.6 is 0 Å². The molecule has 0 aromatic rings. The fourth-order valence-corrected chi connectivity index (χ4v) is 2.93. The van der Waals surface area contributed by atoms with Crippen molar-refractivity contribution in [1.82, 2.24) is 0 Å². The molecular weight excluding hydrogens is 182 g/mol. The molecule has 88 valence electrons. The molecule has 0 bridgehead atoms. The minimum Gasteiger partial charge on any atom is -0.309 e. The lowest BCUT2D eigenvalue weighted by Crippen LogP contribution is -2.31. The zero-order chi connectivity index (χ0) is 11.6. The molecule has 0 amide bonds. The van der Waals surface area contributed by atoms with E-state index in [9.17, 15) is 0 Å². The number of nitrogens with one attached hydrogen (secondary N) is 1. The van der Waals surface area contributed by atoms with E-state index in [2.05, 4.69) is 34.6 Å². The third-order valence-electron chi connectivity index (χ3n) is 4.59. The molecule has 4 atom stereocenters. The van der Waals surface area contributed by atoms with Gasteiger partial charge in [-0.15, -0.1) is 0 Å². The summed E-state index contributed by atoms with van der Waals surface area (Å²) in [4.78, 5) is 0. The van der Waals surface area contributed by atoms with Crippen molar-refractivity contribution >= 4 is 5.71 Å². The Labute approximate surface area is 95.2 Å². The number of rotatable bonds is 2. The van der Waals surface area contributed by atoms with E-state index in [0.717, 1.165) is 18.1 Å². The molecule has 1 fully saturated rings. The van der Waals surface area contributed by atoms with Crippen LogP contribution in [0, 0.1) is 35.0 Å². The van der Waals surface area contributed by atoms with E-state index in [1.165, 1.54) is 12.8 Å². The highest BCUT2D eigenvalue weighted by atomic mass is 14.5. The highest BCUT2D eigenvalue weighted by Gasteiger charge is 2.33. The summed E-state index contributed by atoms with van der Waals surface area (Å²) in [5, 5.41) is 8.23. The topological polar surface area (TPSA) is 23.9 Å². The van der Waals surface area contributed by atoms with Crippen molar-refractivity contribution in [2.24, 2.45) is 29.6 Å². The molecule has 1 heteroatoms. The van der Waals surface area contributed by atoms with Gasteiger partial charge in [0.25, 0.3) is 0 Å². The lowest BCUT2D eigenvalue weighted by atomic mass is 9.72. The minimum atomic E-state index is 0.530. The Morgan fingerprint density at radius 1 is 1.20 bits per heavy atom. The van der Waals surface area contributed by atoms with Gasteiger partial charge in [0, 0.05) is 11.6 Å². The summed E-state index contributed by atoms with van der Waals surface area (Å²) in [6.45, 7) is 11.6. The molecule has 4 unspecified atom stereocenters. The Balaban J connectivity index is 2.84. The van der Waals surface area contributed by atoms with Crippen LogP contribution < -0.4 is 0 Å². The smallest absolute Gasteiger partial charge is 0.0126 e. The SMILES string of the molecule is CC(C)C(C)C1C(=N)CCCC(C)C1C. The molecule has 0 aromatic carbocycles. The van der Waals surface area contributed by atoms with Gasteiger partial charge in [-0.3, -0.25) is 0 Å². The summed E-state index contributed by atoms with van der Waals surface area (Å²) in [6.07, 6.45) is 3.58. The highest BCUT2D eigenvalue weighted by Crippen LogP contribution is 2.37. The Bertz CT molecular complexity index is 219. The van der Waals surface area contributed by atoms with Crippen LogP contribution in [0.5, 0.6) is 0 Å². The van der Waals surface area contributed by atoms with Gasteiger partial charge in [0.15, 0.2) is 0 Å². The second-order valence-corrected chi connectivity index (χ2v) is 5.88. The van der Waals surface area contributed by atoms with Crippen molar-refractivity contribution in [2.75, 3.05) is 0 Å². The first-order chi connectivity index (χ1) is 6.95. The predicted molar refractivity (Wildman–Crippen MR) is 67.4 cm³/mol. The first-order valence-corrected chi connectivity index (χ1v) is 6.52. The molecule has 1 nitrogen and oxygen atoms in total. The normalized spacial score (nSPS) is 35.3. The Hall–Kier alpha value is -0.330. The lowest BCUT2D eigenvalue weighted by Gasteiger charge is -2.33. The van der Waals surface area contributed by atoms with Crippen LogP contribution in [0.3, 0.4) is 0 Å². The van der Waals surface area contributed by atoms with E-state index < -0.39 is 0 Å². The summed E-state index contributed by atoms with van der Waals surface area (Å²) in [5.74, 6) is 3.37. The van der Waals surface area contributed by atoms with Crippen molar-refractivity contribution in [2.45, 2.75) is 53.9 Å². The first kappa shape index (κ1) is 12.7. The van der Waals surface area contributed by atoms with Crippen molar-refractivity contribution in [3.8, 4) is 0 Å². The molecule has 15 heavy (non-hydrogen) atoms.